The van der Waals surface area contributed by atoms with E-state index in [4.69, 9.17) is 4.18 Å². The molecule has 3 aromatic rings. The molecule has 0 aliphatic rings. The Bertz CT molecular complexity index is 1150. The average Bonchev–Trinajstić information content (AvgIpc) is 2.53. The Labute approximate surface area is 145 Å². The lowest BCUT2D eigenvalue weighted by Gasteiger charge is -2.10. The summed E-state index contributed by atoms with van der Waals surface area (Å²) in [6.45, 7) is 1.84. The van der Waals surface area contributed by atoms with E-state index in [1.54, 1.807) is 12.1 Å². The van der Waals surface area contributed by atoms with Gasteiger partial charge >= 0.3 is 10.1 Å². The topological polar surface area (TPSA) is 101 Å². The molecule has 0 radical (unpaired) electrons. The fourth-order valence-corrected chi connectivity index (χ4v) is 3.72. The SMILES string of the molecule is Cc1ccc(S(=O)(=O)Oc2ccc3cc(S(=O)(=O)[O-])ccc3c2)cc1. The zero-order chi connectivity index (χ0) is 18.2. The van der Waals surface area contributed by atoms with Crippen molar-refractivity contribution in [3.8, 4) is 5.75 Å². The van der Waals surface area contributed by atoms with E-state index in [1.807, 2.05) is 6.92 Å². The third-order valence-corrected chi connectivity index (χ3v) is 5.68. The van der Waals surface area contributed by atoms with E-state index < -0.39 is 20.2 Å². The van der Waals surface area contributed by atoms with Crippen LogP contribution in [0.4, 0.5) is 0 Å². The Morgan fingerprint density at radius 2 is 1.32 bits per heavy atom. The molecule has 3 aromatic carbocycles. The first-order chi connectivity index (χ1) is 11.6. The molecule has 0 heterocycles. The normalized spacial score (nSPS) is 12.2. The number of hydrogen-bond acceptors (Lipinski definition) is 6. The molecule has 0 aliphatic heterocycles. The maximum Gasteiger partial charge on any atom is 0.339 e. The van der Waals surface area contributed by atoms with Crippen LogP contribution in [0, 0.1) is 6.92 Å². The van der Waals surface area contributed by atoms with E-state index in [9.17, 15) is 21.4 Å². The smallest absolute Gasteiger partial charge is 0.339 e. The fourth-order valence-electron chi connectivity index (χ4n) is 2.29. The largest absolute Gasteiger partial charge is 0.744 e. The zero-order valence-corrected chi connectivity index (χ0v) is 14.7. The van der Waals surface area contributed by atoms with Crippen LogP contribution in [-0.2, 0) is 20.2 Å². The molecule has 0 spiro atoms. The molecule has 25 heavy (non-hydrogen) atoms. The Balaban J connectivity index is 1.95. The second-order valence-corrected chi connectivity index (χ2v) is 8.40. The molecule has 130 valence electrons. The van der Waals surface area contributed by atoms with Crippen molar-refractivity contribution in [3.05, 3.63) is 66.2 Å². The molecular formula is C17H13O6S2-. The summed E-state index contributed by atoms with van der Waals surface area (Å²) in [7, 11) is -8.53. The average molecular weight is 377 g/mol. The quantitative estimate of drug-likeness (QED) is 0.512. The summed E-state index contributed by atoms with van der Waals surface area (Å²) in [5, 5.41) is 1.03. The Morgan fingerprint density at radius 1 is 0.760 bits per heavy atom. The summed E-state index contributed by atoms with van der Waals surface area (Å²) < 4.78 is 62.9. The Kier molecular flexibility index (Phi) is 4.28. The van der Waals surface area contributed by atoms with Crippen molar-refractivity contribution in [1.29, 1.82) is 0 Å². The first-order valence-corrected chi connectivity index (χ1v) is 9.98. The van der Waals surface area contributed by atoms with Gasteiger partial charge < -0.3 is 8.74 Å². The molecule has 0 bridgehead atoms. The molecule has 0 saturated heterocycles. The Morgan fingerprint density at radius 3 is 1.96 bits per heavy atom. The lowest BCUT2D eigenvalue weighted by Crippen LogP contribution is -2.09. The third-order valence-electron chi connectivity index (χ3n) is 3.59. The van der Waals surface area contributed by atoms with E-state index in [-0.39, 0.29) is 15.5 Å². The molecular weight excluding hydrogens is 364 g/mol. The van der Waals surface area contributed by atoms with Crippen molar-refractivity contribution in [1.82, 2.24) is 0 Å². The van der Waals surface area contributed by atoms with Crippen molar-refractivity contribution in [2.75, 3.05) is 0 Å². The lowest BCUT2D eigenvalue weighted by molar-refractivity contribution is 0.463. The van der Waals surface area contributed by atoms with Crippen LogP contribution in [-0.4, -0.2) is 21.4 Å². The van der Waals surface area contributed by atoms with E-state index >= 15 is 0 Å². The maximum atomic E-state index is 12.3. The number of aryl methyl sites for hydroxylation is 1. The number of fused-ring (bicyclic) bond motifs is 1. The van der Waals surface area contributed by atoms with Crippen molar-refractivity contribution in [2.24, 2.45) is 0 Å². The second-order valence-electron chi connectivity index (χ2n) is 5.48. The molecule has 0 atom stereocenters. The Hall–Kier alpha value is -2.42. The predicted molar refractivity (Wildman–Crippen MR) is 90.9 cm³/mol. The van der Waals surface area contributed by atoms with Gasteiger partial charge in [0.2, 0.25) is 0 Å². The molecule has 0 aliphatic carbocycles. The molecule has 8 heteroatoms. The van der Waals surface area contributed by atoms with Crippen molar-refractivity contribution in [2.45, 2.75) is 16.7 Å². The van der Waals surface area contributed by atoms with Gasteiger partial charge in [-0.3, -0.25) is 0 Å². The second kappa shape index (κ2) is 6.14. The first-order valence-electron chi connectivity index (χ1n) is 7.16. The van der Waals surface area contributed by atoms with Crippen LogP contribution >= 0.6 is 0 Å². The van der Waals surface area contributed by atoms with Crippen LogP contribution < -0.4 is 4.18 Å². The highest BCUT2D eigenvalue weighted by Crippen LogP contribution is 2.26. The highest BCUT2D eigenvalue weighted by atomic mass is 32.2. The zero-order valence-electron chi connectivity index (χ0n) is 13.0. The van der Waals surface area contributed by atoms with Gasteiger partial charge in [-0.1, -0.05) is 29.8 Å². The van der Waals surface area contributed by atoms with E-state index in [0.717, 1.165) is 5.56 Å². The minimum absolute atomic E-state index is 0.0333. The van der Waals surface area contributed by atoms with E-state index in [0.29, 0.717) is 10.8 Å². The molecule has 0 fully saturated rings. The molecule has 0 aromatic heterocycles. The van der Waals surface area contributed by atoms with E-state index in [2.05, 4.69) is 0 Å². The highest BCUT2D eigenvalue weighted by Gasteiger charge is 2.16. The van der Waals surface area contributed by atoms with Gasteiger partial charge in [0, 0.05) is 0 Å². The molecule has 0 saturated carbocycles. The summed E-state index contributed by atoms with van der Waals surface area (Å²) in [4.78, 5) is -0.313. The van der Waals surface area contributed by atoms with Gasteiger partial charge in [-0.2, -0.15) is 8.42 Å². The molecule has 6 nitrogen and oxygen atoms in total. The molecule has 0 unspecified atom stereocenters. The van der Waals surface area contributed by atoms with Crippen LogP contribution in [0.2, 0.25) is 0 Å². The van der Waals surface area contributed by atoms with Gasteiger partial charge in [0.1, 0.15) is 20.8 Å². The van der Waals surface area contributed by atoms with Gasteiger partial charge in [0.05, 0.1) is 4.90 Å². The van der Waals surface area contributed by atoms with Gasteiger partial charge in [0.25, 0.3) is 0 Å². The predicted octanol–water partition coefficient (Wildman–Crippen LogP) is 2.82. The van der Waals surface area contributed by atoms with Gasteiger partial charge in [0.15, 0.2) is 0 Å². The standard InChI is InChI=1S/C17H14O6S2/c1-12-2-7-16(8-3-12)25(21,22)23-15-6-4-14-11-17(24(18,19)20)9-5-13(14)10-15/h2-11H,1H3,(H,18,19,20)/p-1. The minimum atomic E-state index is -4.55. The van der Waals surface area contributed by atoms with Crippen molar-refractivity contribution >= 4 is 31.0 Å². The lowest BCUT2D eigenvalue weighted by atomic mass is 10.1. The summed E-state index contributed by atoms with van der Waals surface area (Å²) in [6, 6.07) is 14.4. The molecule has 3 rings (SSSR count). The van der Waals surface area contributed by atoms with Crippen LogP contribution in [0.3, 0.4) is 0 Å². The highest BCUT2D eigenvalue weighted by molar-refractivity contribution is 7.87. The van der Waals surface area contributed by atoms with E-state index in [1.165, 1.54) is 48.5 Å². The van der Waals surface area contributed by atoms with Gasteiger partial charge in [-0.05, 0) is 54.1 Å². The van der Waals surface area contributed by atoms with Crippen LogP contribution in [0.5, 0.6) is 5.75 Å². The number of hydrogen-bond donors (Lipinski definition) is 0. The summed E-state index contributed by atoms with van der Waals surface area (Å²) >= 11 is 0. The van der Waals surface area contributed by atoms with Crippen molar-refractivity contribution in [3.63, 3.8) is 0 Å². The summed E-state index contributed by atoms with van der Waals surface area (Å²) in [5.41, 5.74) is 0.925. The molecule has 0 N–H and O–H groups in total. The summed E-state index contributed by atoms with van der Waals surface area (Å²) in [5.74, 6) is 0.0887. The van der Waals surface area contributed by atoms with Crippen molar-refractivity contribution < 1.29 is 25.6 Å². The van der Waals surface area contributed by atoms with Crippen LogP contribution in [0.15, 0.2) is 70.5 Å². The minimum Gasteiger partial charge on any atom is -0.744 e. The fraction of sp³-hybridized carbons (Fsp3) is 0.0588. The first kappa shape index (κ1) is 17.4. The number of rotatable bonds is 4. The van der Waals surface area contributed by atoms with Gasteiger partial charge in [-0.25, -0.2) is 8.42 Å². The van der Waals surface area contributed by atoms with Gasteiger partial charge in [-0.15, -0.1) is 0 Å². The number of benzene rings is 3. The monoisotopic (exact) mass is 377 g/mol. The van der Waals surface area contributed by atoms with Crippen LogP contribution in [0.1, 0.15) is 5.56 Å². The van der Waals surface area contributed by atoms with Crippen LogP contribution in [0.25, 0.3) is 10.8 Å². The summed E-state index contributed by atoms with van der Waals surface area (Å²) in [6.07, 6.45) is 0. The third kappa shape index (κ3) is 3.81. The maximum absolute atomic E-state index is 12.3. The molecule has 0 amide bonds.